The van der Waals surface area contributed by atoms with Crippen molar-refractivity contribution in [3.05, 3.63) is 77.1 Å². The van der Waals surface area contributed by atoms with E-state index in [0.29, 0.717) is 17.3 Å². The number of carbonyl (C=O) groups is 1. The van der Waals surface area contributed by atoms with Gasteiger partial charge < -0.3 is 5.32 Å². The molecular formula is C19H18ClN3OS. The van der Waals surface area contributed by atoms with Gasteiger partial charge in [-0.1, -0.05) is 59.3 Å². The number of aryl methyl sites for hydroxylation is 1. The highest BCUT2D eigenvalue weighted by Crippen LogP contribution is 2.22. The molecule has 0 saturated heterocycles. The molecule has 0 fully saturated rings. The van der Waals surface area contributed by atoms with E-state index in [0.717, 1.165) is 16.4 Å². The molecule has 0 atom stereocenters. The number of imidazole rings is 1. The van der Waals surface area contributed by atoms with Crippen molar-refractivity contribution in [3.8, 4) is 5.69 Å². The number of aromatic nitrogens is 2. The smallest absolute Gasteiger partial charge is 0.230 e. The van der Waals surface area contributed by atoms with E-state index in [1.165, 1.54) is 17.3 Å². The van der Waals surface area contributed by atoms with Crippen LogP contribution >= 0.6 is 23.4 Å². The first kappa shape index (κ1) is 17.6. The van der Waals surface area contributed by atoms with Gasteiger partial charge in [-0.25, -0.2) is 4.98 Å². The van der Waals surface area contributed by atoms with Crippen LogP contribution in [0.25, 0.3) is 5.69 Å². The monoisotopic (exact) mass is 371 g/mol. The molecule has 2 aromatic carbocycles. The number of thioether (sulfide) groups is 1. The lowest BCUT2D eigenvalue weighted by Crippen LogP contribution is -2.24. The SMILES string of the molecule is Cc1cccc(CNC(=O)CSc2nccn2-c2cccc(Cl)c2)c1. The van der Waals surface area contributed by atoms with Crippen LogP contribution in [0.3, 0.4) is 0 Å². The molecule has 128 valence electrons. The van der Waals surface area contributed by atoms with E-state index in [4.69, 9.17) is 11.6 Å². The zero-order valence-electron chi connectivity index (χ0n) is 13.8. The van der Waals surface area contributed by atoms with Gasteiger partial charge in [0, 0.05) is 29.6 Å². The lowest BCUT2D eigenvalue weighted by molar-refractivity contribution is -0.118. The van der Waals surface area contributed by atoms with Gasteiger partial charge in [-0.3, -0.25) is 9.36 Å². The molecule has 1 N–H and O–H groups in total. The number of rotatable bonds is 6. The van der Waals surface area contributed by atoms with E-state index < -0.39 is 0 Å². The van der Waals surface area contributed by atoms with E-state index in [-0.39, 0.29) is 5.91 Å². The lowest BCUT2D eigenvalue weighted by atomic mass is 10.1. The molecule has 0 aliphatic heterocycles. The molecule has 0 aliphatic rings. The van der Waals surface area contributed by atoms with Crippen LogP contribution in [0, 0.1) is 6.92 Å². The molecule has 0 bridgehead atoms. The van der Waals surface area contributed by atoms with E-state index >= 15 is 0 Å². The fourth-order valence-electron chi connectivity index (χ4n) is 2.42. The minimum atomic E-state index is -0.0212. The Kier molecular flexibility index (Phi) is 5.79. The van der Waals surface area contributed by atoms with Crippen molar-refractivity contribution in [3.63, 3.8) is 0 Å². The number of nitrogens with one attached hydrogen (secondary N) is 1. The maximum Gasteiger partial charge on any atom is 0.230 e. The first-order valence-electron chi connectivity index (χ1n) is 7.86. The predicted octanol–water partition coefficient (Wildman–Crippen LogP) is 4.24. The van der Waals surface area contributed by atoms with Crippen LogP contribution in [0.15, 0.2) is 66.1 Å². The Morgan fingerprint density at radius 3 is 2.88 bits per heavy atom. The van der Waals surface area contributed by atoms with E-state index in [1.54, 1.807) is 6.20 Å². The first-order chi connectivity index (χ1) is 12.1. The van der Waals surface area contributed by atoms with Gasteiger partial charge in [0.25, 0.3) is 0 Å². The molecular weight excluding hydrogens is 354 g/mol. The molecule has 25 heavy (non-hydrogen) atoms. The van der Waals surface area contributed by atoms with Crippen LogP contribution in [-0.4, -0.2) is 21.2 Å². The molecule has 0 saturated carbocycles. The molecule has 6 heteroatoms. The quantitative estimate of drug-likeness (QED) is 0.659. The van der Waals surface area contributed by atoms with Crippen molar-refractivity contribution in [2.75, 3.05) is 5.75 Å². The molecule has 0 spiro atoms. The second-order valence-corrected chi connectivity index (χ2v) is 6.99. The van der Waals surface area contributed by atoms with Crippen LogP contribution in [0.2, 0.25) is 5.02 Å². The molecule has 0 radical (unpaired) electrons. The maximum absolute atomic E-state index is 12.1. The molecule has 4 nitrogen and oxygen atoms in total. The lowest BCUT2D eigenvalue weighted by Gasteiger charge is -2.08. The molecule has 3 aromatic rings. The molecule has 0 aliphatic carbocycles. The minimum absolute atomic E-state index is 0.0212. The second-order valence-electron chi connectivity index (χ2n) is 5.61. The Labute approximate surface area is 156 Å². The minimum Gasteiger partial charge on any atom is -0.351 e. The van der Waals surface area contributed by atoms with Crippen molar-refractivity contribution >= 4 is 29.3 Å². The normalized spacial score (nSPS) is 10.6. The van der Waals surface area contributed by atoms with Gasteiger partial charge in [0.15, 0.2) is 5.16 Å². The number of nitrogens with zero attached hydrogens (tertiary/aromatic N) is 2. The first-order valence-corrected chi connectivity index (χ1v) is 9.22. The van der Waals surface area contributed by atoms with Crippen molar-refractivity contribution in [1.29, 1.82) is 0 Å². The van der Waals surface area contributed by atoms with Gasteiger partial charge in [0.2, 0.25) is 5.91 Å². The van der Waals surface area contributed by atoms with Gasteiger partial charge in [-0.15, -0.1) is 0 Å². The fourth-order valence-corrected chi connectivity index (χ4v) is 3.41. The van der Waals surface area contributed by atoms with Gasteiger partial charge >= 0.3 is 0 Å². The standard InChI is InChI=1S/C19H18ClN3OS/c1-14-4-2-5-15(10-14)12-22-18(24)13-25-19-21-8-9-23(19)17-7-3-6-16(20)11-17/h2-11H,12-13H2,1H3,(H,22,24). The van der Waals surface area contributed by atoms with E-state index in [2.05, 4.69) is 16.4 Å². The summed E-state index contributed by atoms with van der Waals surface area (Å²) >= 11 is 7.45. The van der Waals surface area contributed by atoms with Crippen molar-refractivity contribution in [2.24, 2.45) is 0 Å². The Hall–Kier alpha value is -2.24. The number of hydrogen-bond acceptors (Lipinski definition) is 3. The number of halogens is 1. The third kappa shape index (κ3) is 4.87. The van der Waals surface area contributed by atoms with E-state index in [1.807, 2.05) is 60.2 Å². The largest absolute Gasteiger partial charge is 0.351 e. The van der Waals surface area contributed by atoms with Crippen LogP contribution in [0.1, 0.15) is 11.1 Å². The van der Waals surface area contributed by atoms with Gasteiger partial charge in [-0.2, -0.15) is 0 Å². The molecule has 3 rings (SSSR count). The Morgan fingerprint density at radius 1 is 1.24 bits per heavy atom. The Morgan fingerprint density at radius 2 is 2.08 bits per heavy atom. The molecule has 1 aromatic heterocycles. The summed E-state index contributed by atoms with van der Waals surface area (Å²) in [7, 11) is 0. The second kappa shape index (κ2) is 8.23. The summed E-state index contributed by atoms with van der Waals surface area (Å²) in [6.45, 7) is 2.57. The fraction of sp³-hybridized carbons (Fsp3) is 0.158. The van der Waals surface area contributed by atoms with Crippen LogP contribution < -0.4 is 5.32 Å². The Bertz CT molecular complexity index is 878. The zero-order chi connectivity index (χ0) is 17.6. The average molecular weight is 372 g/mol. The topological polar surface area (TPSA) is 46.9 Å². The average Bonchev–Trinajstić information content (AvgIpc) is 3.07. The van der Waals surface area contributed by atoms with E-state index in [9.17, 15) is 4.79 Å². The number of amides is 1. The van der Waals surface area contributed by atoms with Crippen LogP contribution in [0.4, 0.5) is 0 Å². The van der Waals surface area contributed by atoms with Crippen molar-refractivity contribution in [1.82, 2.24) is 14.9 Å². The summed E-state index contributed by atoms with van der Waals surface area (Å²) in [6.07, 6.45) is 3.58. The summed E-state index contributed by atoms with van der Waals surface area (Å²) < 4.78 is 1.92. The summed E-state index contributed by atoms with van der Waals surface area (Å²) in [6, 6.07) is 15.6. The highest BCUT2D eigenvalue weighted by molar-refractivity contribution is 7.99. The predicted molar refractivity (Wildman–Crippen MR) is 102 cm³/mol. The maximum atomic E-state index is 12.1. The summed E-state index contributed by atoms with van der Waals surface area (Å²) in [5, 5.41) is 4.36. The number of hydrogen-bond donors (Lipinski definition) is 1. The molecule has 1 heterocycles. The van der Waals surface area contributed by atoms with Gasteiger partial charge in [0.1, 0.15) is 0 Å². The van der Waals surface area contributed by atoms with Gasteiger partial charge in [0.05, 0.1) is 5.75 Å². The third-order valence-electron chi connectivity index (χ3n) is 3.60. The van der Waals surface area contributed by atoms with Crippen LogP contribution in [-0.2, 0) is 11.3 Å². The summed E-state index contributed by atoms with van der Waals surface area (Å²) in [5.41, 5.74) is 3.20. The highest BCUT2D eigenvalue weighted by Gasteiger charge is 2.09. The summed E-state index contributed by atoms with van der Waals surface area (Å²) in [4.78, 5) is 16.4. The zero-order valence-corrected chi connectivity index (χ0v) is 15.3. The molecule has 1 amide bonds. The molecule has 0 unspecified atom stereocenters. The van der Waals surface area contributed by atoms with Crippen molar-refractivity contribution < 1.29 is 4.79 Å². The Balaban J connectivity index is 1.57. The third-order valence-corrected chi connectivity index (χ3v) is 4.80. The summed E-state index contributed by atoms with van der Waals surface area (Å²) in [5.74, 6) is 0.288. The van der Waals surface area contributed by atoms with Gasteiger partial charge in [-0.05, 0) is 30.7 Å². The number of carbonyl (C=O) groups excluding carboxylic acids is 1. The van der Waals surface area contributed by atoms with Crippen LogP contribution in [0.5, 0.6) is 0 Å². The van der Waals surface area contributed by atoms with Crippen molar-refractivity contribution in [2.45, 2.75) is 18.6 Å². The number of benzene rings is 2. The highest BCUT2D eigenvalue weighted by atomic mass is 35.5.